The fourth-order valence-corrected chi connectivity index (χ4v) is 5.12. The molecule has 1 saturated heterocycles. The van der Waals surface area contributed by atoms with Crippen LogP contribution in [-0.4, -0.2) is 44.3 Å². The van der Waals surface area contributed by atoms with E-state index in [-0.39, 0.29) is 17.5 Å². The van der Waals surface area contributed by atoms with Crippen molar-refractivity contribution in [1.29, 1.82) is 0 Å². The number of thiocarbonyl (C=S) groups is 1. The molecule has 1 aromatic carbocycles. The fourth-order valence-electron chi connectivity index (χ4n) is 3.72. The van der Waals surface area contributed by atoms with E-state index in [1.165, 1.54) is 16.2 Å². The third-order valence-corrected chi connectivity index (χ3v) is 6.83. The Bertz CT molecular complexity index is 1290. The number of hydrogen-bond acceptors (Lipinski definition) is 7. The summed E-state index contributed by atoms with van der Waals surface area (Å²) in [5.74, 6) is 0.222. The normalized spacial score (nSPS) is 15.9. The lowest BCUT2D eigenvalue weighted by Crippen LogP contribution is -2.31. The Hall–Kier alpha value is -3.01. The highest BCUT2D eigenvalue weighted by Crippen LogP contribution is 2.38. The summed E-state index contributed by atoms with van der Waals surface area (Å²) in [5.41, 5.74) is 1.60. The van der Waals surface area contributed by atoms with Crippen molar-refractivity contribution in [2.75, 3.05) is 25.1 Å². The Morgan fingerprint density at radius 2 is 1.94 bits per heavy atom. The van der Waals surface area contributed by atoms with Crippen LogP contribution in [0, 0.1) is 0 Å². The Kier molecular flexibility index (Phi) is 7.77. The maximum absolute atomic E-state index is 13.3. The number of nitrogens with one attached hydrogen (secondary N) is 1. The number of thioether (sulfide) groups is 1. The van der Waals surface area contributed by atoms with Crippen LogP contribution in [0.1, 0.15) is 37.4 Å². The summed E-state index contributed by atoms with van der Waals surface area (Å²) < 4.78 is 7.34. The Balaban J connectivity index is 1.68. The summed E-state index contributed by atoms with van der Waals surface area (Å²) in [4.78, 5) is 33.3. The lowest BCUT2D eigenvalue weighted by Gasteiger charge is -2.23. The number of carbonyl (C=O) groups excluding carboxylic acids is 1. The van der Waals surface area contributed by atoms with Crippen LogP contribution in [0.5, 0.6) is 0 Å². The van der Waals surface area contributed by atoms with Crippen molar-refractivity contribution in [3.8, 4) is 0 Å². The second-order valence-electron chi connectivity index (χ2n) is 7.72. The number of aromatic nitrogens is 2. The molecular formula is C25H26N4O3S2. The van der Waals surface area contributed by atoms with Gasteiger partial charge in [0.1, 0.15) is 15.8 Å². The van der Waals surface area contributed by atoms with Crippen LogP contribution in [0.2, 0.25) is 0 Å². The van der Waals surface area contributed by atoms with Crippen LogP contribution in [0.3, 0.4) is 0 Å². The monoisotopic (exact) mass is 494 g/mol. The molecule has 7 nitrogen and oxygen atoms in total. The first kappa shape index (κ1) is 24.1. The van der Waals surface area contributed by atoms with Gasteiger partial charge in [-0.15, -0.1) is 0 Å². The number of carbonyl (C=O) groups is 1. The molecule has 34 heavy (non-hydrogen) atoms. The van der Waals surface area contributed by atoms with E-state index in [1.807, 2.05) is 50.2 Å². The van der Waals surface area contributed by atoms with Gasteiger partial charge in [-0.2, -0.15) is 0 Å². The van der Waals surface area contributed by atoms with Gasteiger partial charge < -0.3 is 10.1 Å². The second kappa shape index (κ2) is 10.9. The molecule has 0 radical (unpaired) electrons. The van der Waals surface area contributed by atoms with Gasteiger partial charge >= 0.3 is 0 Å². The number of rotatable bonds is 9. The molecule has 2 aromatic heterocycles. The summed E-state index contributed by atoms with van der Waals surface area (Å²) in [6.45, 7) is 5.75. The molecule has 9 heteroatoms. The molecule has 4 rings (SSSR count). The van der Waals surface area contributed by atoms with Crippen molar-refractivity contribution in [3.05, 3.63) is 81.1 Å². The number of amides is 1. The second-order valence-corrected chi connectivity index (χ2v) is 9.40. The van der Waals surface area contributed by atoms with Crippen molar-refractivity contribution >= 4 is 51.7 Å². The quantitative estimate of drug-likeness (QED) is 0.267. The highest BCUT2D eigenvalue weighted by Gasteiger charge is 2.36. The lowest BCUT2D eigenvalue weighted by atomic mass is 10.1. The van der Waals surface area contributed by atoms with Crippen LogP contribution in [0.4, 0.5) is 5.82 Å². The average molecular weight is 495 g/mol. The maximum Gasteiger partial charge on any atom is 0.267 e. The minimum absolute atomic E-state index is 0.216. The smallest absolute Gasteiger partial charge is 0.267 e. The summed E-state index contributed by atoms with van der Waals surface area (Å²) in [7, 11) is 0. The van der Waals surface area contributed by atoms with Crippen molar-refractivity contribution in [2.45, 2.75) is 26.3 Å². The molecule has 1 aliphatic rings. The number of ether oxygens (including phenoxy) is 1. The van der Waals surface area contributed by atoms with Gasteiger partial charge in [0.05, 0.1) is 16.5 Å². The predicted octanol–water partition coefficient (Wildman–Crippen LogP) is 4.50. The molecule has 1 aliphatic heterocycles. The molecule has 1 unspecified atom stereocenters. The lowest BCUT2D eigenvalue weighted by molar-refractivity contribution is -0.123. The van der Waals surface area contributed by atoms with E-state index in [1.54, 1.807) is 29.3 Å². The maximum atomic E-state index is 13.3. The molecule has 176 valence electrons. The number of anilines is 1. The van der Waals surface area contributed by atoms with Crippen LogP contribution < -0.4 is 10.9 Å². The molecule has 0 aliphatic carbocycles. The predicted molar refractivity (Wildman–Crippen MR) is 141 cm³/mol. The minimum Gasteiger partial charge on any atom is -0.382 e. The van der Waals surface area contributed by atoms with E-state index < -0.39 is 0 Å². The zero-order valence-electron chi connectivity index (χ0n) is 19.1. The highest BCUT2D eigenvalue weighted by molar-refractivity contribution is 8.26. The molecule has 1 fully saturated rings. The summed E-state index contributed by atoms with van der Waals surface area (Å²) in [6, 6.07) is 14.9. The highest BCUT2D eigenvalue weighted by atomic mass is 32.2. The first-order valence-corrected chi connectivity index (χ1v) is 12.4. The van der Waals surface area contributed by atoms with E-state index in [4.69, 9.17) is 17.0 Å². The third kappa shape index (κ3) is 5.06. The molecule has 1 amide bonds. The molecule has 0 saturated carbocycles. The van der Waals surface area contributed by atoms with Gasteiger partial charge in [0, 0.05) is 26.0 Å². The standard InChI is InChI=1S/C25H26N4O3S2/c1-3-32-15-9-13-26-22-19(23(30)28-14-8-7-12-21(28)27-22)16-20-24(31)29(25(33)34-20)17(2)18-10-5-4-6-11-18/h4-8,10-12,14,16-17,26H,3,9,13,15H2,1-2H3/b20-16-. The van der Waals surface area contributed by atoms with Gasteiger partial charge in [0.15, 0.2) is 0 Å². The third-order valence-electron chi connectivity index (χ3n) is 5.50. The molecule has 0 spiro atoms. The minimum atomic E-state index is -0.251. The van der Waals surface area contributed by atoms with Crippen molar-refractivity contribution in [3.63, 3.8) is 0 Å². The molecular weight excluding hydrogens is 468 g/mol. The molecule has 3 aromatic rings. The Morgan fingerprint density at radius 1 is 1.18 bits per heavy atom. The summed E-state index contributed by atoms with van der Waals surface area (Å²) >= 11 is 6.74. The number of hydrogen-bond donors (Lipinski definition) is 1. The topological polar surface area (TPSA) is 75.9 Å². The molecule has 1 N–H and O–H groups in total. The van der Waals surface area contributed by atoms with E-state index in [0.29, 0.717) is 46.0 Å². The fraction of sp³-hybridized carbons (Fsp3) is 0.280. The number of pyridine rings is 1. The Morgan fingerprint density at radius 3 is 2.71 bits per heavy atom. The van der Waals surface area contributed by atoms with E-state index in [0.717, 1.165) is 12.0 Å². The average Bonchev–Trinajstić information content (AvgIpc) is 3.13. The number of benzene rings is 1. The van der Waals surface area contributed by atoms with Crippen molar-refractivity contribution in [2.24, 2.45) is 0 Å². The van der Waals surface area contributed by atoms with Crippen LogP contribution in [-0.2, 0) is 9.53 Å². The van der Waals surface area contributed by atoms with Gasteiger partial charge in [-0.25, -0.2) is 4.98 Å². The first-order valence-electron chi connectivity index (χ1n) is 11.2. The van der Waals surface area contributed by atoms with Crippen LogP contribution >= 0.6 is 24.0 Å². The number of nitrogens with zero attached hydrogens (tertiary/aromatic N) is 3. The zero-order chi connectivity index (χ0) is 24.1. The van der Waals surface area contributed by atoms with Crippen LogP contribution in [0.15, 0.2) is 64.4 Å². The summed E-state index contributed by atoms with van der Waals surface area (Å²) in [5, 5.41) is 3.25. The molecule has 0 bridgehead atoms. The largest absolute Gasteiger partial charge is 0.382 e. The zero-order valence-corrected chi connectivity index (χ0v) is 20.7. The number of fused-ring (bicyclic) bond motifs is 1. The van der Waals surface area contributed by atoms with Crippen molar-refractivity contribution in [1.82, 2.24) is 14.3 Å². The van der Waals surface area contributed by atoms with Crippen LogP contribution in [0.25, 0.3) is 11.7 Å². The first-order chi connectivity index (χ1) is 16.5. The van der Waals surface area contributed by atoms with E-state index in [2.05, 4.69) is 10.3 Å². The van der Waals surface area contributed by atoms with Gasteiger partial charge in [0.2, 0.25) is 0 Å². The van der Waals surface area contributed by atoms with Crippen molar-refractivity contribution < 1.29 is 9.53 Å². The van der Waals surface area contributed by atoms with E-state index >= 15 is 0 Å². The van der Waals surface area contributed by atoms with Gasteiger partial charge in [0.25, 0.3) is 11.5 Å². The molecule has 1 atom stereocenters. The molecule has 3 heterocycles. The summed E-state index contributed by atoms with van der Waals surface area (Å²) in [6.07, 6.45) is 4.04. The Labute approximate surface area is 207 Å². The van der Waals surface area contributed by atoms with Gasteiger partial charge in [-0.1, -0.05) is 60.4 Å². The SMILES string of the molecule is CCOCCCNc1nc2ccccn2c(=O)c1/C=C1\SC(=S)N(C(C)c2ccccc2)C1=O. The van der Waals surface area contributed by atoms with E-state index in [9.17, 15) is 9.59 Å². The van der Waals surface area contributed by atoms with Gasteiger partial charge in [-0.3, -0.25) is 18.9 Å². The van der Waals surface area contributed by atoms with Gasteiger partial charge in [-0.05, 0) is 44.0 Å².